The average molecular weight is 289 g/mol. The Morgan fingerprint density at radius 3 is 2.55 bits per heavy atom. The fourth-order valence-electron chi connectivity index (χ4n) is 2.39. The summed E-state index contributed by atoms with van der Waals surface area (Å²) in [6.45, 7) is 0.631. The van der Waals surface area contributed by atoms with Gasteiger partial charge < -0.3 is 15.2 Å². The Balaban J connectivity index is 2.04. The van der Waals surface area contributed by atoms with E-state index in [2.05, 4.69) is 5.32 Å². The largest absolute Gasteiger partial charge is 0.415 e. The summed E-state index contributed by atoms with van der Waals surface area (Å²) >= 11 is 0. The van der Waals surface area contributed by atoms with Crippen LogP contribution in [-0.4, -0.2) is 37.1 Å². The Morgan fingerprint density at radius 1 is 1.30 bits per heavy atom. The van der Waals surface area contributed by atoms with Crippen molar-refractivity contribution in [2.45, 2.75) is 24.7 Å². The molecule has 3 atom stereocenters. The zero-order valence-electron chi connectivity index (χ0n) is 10.9. The van der Waals surface area contributed by atoms with Crippen LogP contribution in [-0.2, 0) is 4.74 Å². The second kappa shape index (κ2) is 6.56. The maximum atomic E-state index is 12.4. The minimum atomic E-state index is -4.60. The van der Waals surface area contributed by atoms with Gasteiger partial charge in [-0.1, -0.05) is 30.3 Å². The van der Waals surface area contributed by atoms with Gasteiger partial charge in [-0.3, -0.25) is 0 Å². The molecule has 6 heteroatoms. The van der Waals surface area contributed by atoms with Crippen molar-refractivity contribution in [2.75, 3.05) is 19.8 Å². The third-order valence-electron chi connectivity index (χ3n) is 3.50. The Morgan fingerprint density at radius 2 is 2.00 bits per heavy atom. The van der Waals surface area contributed by atoms with Crippen molar-refractivity contribution in [3.63, 3.8) is 0 Å². The zero-order chi connectivity index (χ0) is 14.6. The molecule has 112 valence electrons. The van der Waals surface area contributed by atoms with E-state index < -0.39 is 18.8 Å². The van der Waals surface area contributed by atoms with Crippen LogP contribution in [0.15, 0.2) is 30.3 Å². The Labute approximate surface area is 115 Å². The van der Waals surface area contributed by atoms with Crippen LogP contribution >= 0.6 is 0 Å². The molecule has 1 aliphatic heterocycles. The van der Waals surface area contributed by atoms with Crippen molar-refractivity contribution < 1.29 is 23.0 Å². The monoisotopic (exact) mass is 289 g/mol. The third-order valence-corrected chi connectivity index (χ3v) is 3.50. The zero-order valence-corrected chi connectivity index (χ0v) is 10.9. The van der Waals surface area contributed by atoms with Crippen molar-refractivity contribution in [3.05, 3.63) is 35.9 Å². The molecule has 20 heavy (non-hydrogen) atoms. The second-order valence-corrected chi connectivity index (χ2v) is 4.98. The smallest absolute Gasteiger partial charge is 0.382 e. The number of ether oxygens (including phenoxy) is 1. The molecule has 0 radical (unpaired) electrons. The summed E-state index contributed by atoms with van der Waals surface area (Å²) < 4.78 is 42.4. The first kappa shape index (κ1) is 15.3. The molecule has 1 aliphatic rings. The summed E-state index contributed by atoms with van der Waals surface area (Å²) in [4.78, 5) is 0. The average Bonchev–Trinajstić information content (AvgIpc) is 2.93. The molecule has 0 aliphatic carbocycles. The Hall–Kier alpha value is -1.11. The van der Waals surface area contributed by atoms with E-state index in [0.29, 0.717) is 13.2 Å². The van der Waals surface area contributed by atoms with Gasteiger partial charge in [-0.25, -0.2) is 0 Å². The fraction of sp³-hybridized carbons (Fsp3) is 0.571. The topological polar surface area (TPSA) is 41.5 Å². The summed E-state index contributed by atoms with van der Waals surface area (Å²) in [5, 5.41) is 11.9. The normalized spacial score (nSPS) is 22.7. The second-order valence-electron chi connectivity index (χ2n) is 4.98. The predicted molar refractivity (Wildman–Crippen MR) is 68.2 cm³/mol. The molecule has 1 aromatic rings. The quantitative estimate of drug-likeness (QED) is 0.874. The van der Waals surface area contributed by atoms with E-state index in [9.17, 15) is 13.2 Å². The number of hydrogen-bond donors (Lipinski definition) is 2. The number of alkyl halides is 3. The van der Waals surface area contributed by atoms with Gasteiger partial charge in [0.2, 0.25) is 0 Å². The van der Waals surface area contributed by atoms with E-state index in [0.717, 1.165) is 12.0 Å². The molecule has 2 N–H and O–H groups in total. The lowest BCUT2D eigenvalue weighted by molar-refractivity contribution is -0.202. The summed E-state index contributed by atoms with van der Waals surface area (Å²) in [6.07, 6.45) is -6.15. The molecule has 1 heterocycles. The van der Waals surface area contributed by atoms with Crippen LogP contribution in [0.1, 0.15) is 18.0 Å². The fourth-order valence-corrected chi connectivity index (χ4v) is 2.39. The molecule has 1 aromatic carbocycles. The number of hydrogen-bond acceptors (Lipinski definition) is 3. The van der Waals surface area contributed by atoms with Gasteiger partial charge in [0.15, 0.2) is 6.10 Å². The van der Waals surface area contributed by atoms with Crippen molar-refractivity contribution in [1.29, 1.82) is 0 Å². The lowest BCUT2D eigenvalue weighted by Gasteiger charge is -2.26. The van der Waals surface area contributed by atoms with E-state index >= 15 is 0 Å². The van der Waals surface area contributed by atoms with Crippen LogP contribution in [0.25, 0.3) is 0 Å². The van der Waals surface area contributed by atoms with Crippen molar-refractivity contribution >= 4 is 0 Å². The van der Waals surface area contributed by atoms with Crippen LogP contribution in [0.4, 0.5) is 13.2 Å². The molecule has 0 saturated carbocycles. The standard InChI is InChI=1S/C14H18F3NO2/c15-14(16,17)12(19)8-18-13(11-6-7-20-9-11)10-4-2-1-3-5-10/h1-5,11-13,18-19H,6-9H2/t11-,12+,13-/m0/s1. The van der Waals surface area contributed by atoms with Crippen LogP contribution in [0.2, 0.25) is 0 Å². The first-order valence-corrected chi connectivity index (χ1v) is 6.59. The molecule has 0 amide bonds. The number of aliphatic hydroxyl groups excluding tert-OH is 1. The lowest BCUT2D eigenvalue weighted by Crippen LogP contribution is -2.41. The molecule has 0 unspecified atom stereocenters. The summed E-state index contributed by atoms with van der Waals surface area (Å²) in [5.74, 6) is 0.123. The first-order valence-electron chi connectivity index (χ1n) is 6.59. The molecule has 2 rings (SSSR count). The SMILES string of the molecule is O[C@H](CN[C@@H](c1ccccc1)[C@H]1CCOC1)C(F)(F)F. The highest BCUT2D eigenvalue weighted by Crippen LogP contribution is 2.29. The Kier molecular flexibility index (Phi) is 5.01. The number of aliphatic hydroxyl groups is 1. The first-order chi connectivity index (χ1) is 9.48. The minimum Gasteiger partial charge on any atom is -0.382 e. The maximum Gasteiger partial charge on any atom is 0.415 e. The van der Waals surface area contributed by atoms with Crippen LogP contribution < -0.4 is 5.32 Å². The number of halogens is 3. The molecule has 1 saturated heterocycles. The van der Waals surface area contributed by atoms with E-state index in [-0.39, 0.29) is 12.0 Å². The minimum absolute atomic E-state index is 0.123. The summed E-state index contributed by atoms with van der Waals surface area (Å²) in [5.41, 5.74) is 0.914. The van der Waals surface area contributed by atoms with Gasteiger partial charge in [0.25, 0.3) is 0 Å². The van der Waals surface area contributed by atoms with Gasteiger partial charge >= 0.3 is 6.18 Å². The van der Waals surface area contributed by atoms with Crippen molar-refractivity contribution in [3.8, 4) is 0 Å². The lowest BCUT2D eigenvalue weighted by atomic mass is 9.92. The van der Waals surface area contributed by atoms with Gasteiger partial charge in [0.1, 0.15) is 0 Å². The highest BCUT2D eigenvalue weighted by Gasteiger charge is 2.39. The molecular formula is C14H18F3NO2. The highest BCUT2D eigenvalue weighted by atomic mass is 19.4. The van der Waals surface area contributed by atoms with Gasteiger partial charge in [-0.2, -0.15) is 13.2 Å². The van der Waals surface area contributed by atoms with Gasteiger partial charge in [0, 0.05) is 25.1 Å². The van der Waals surface area contributed by atoms with Crippen LogP contribution in [0.3, 0.4) is 0 Å². The van der Waals surface area contributed by atoms with Gasteiger partial charge in [-0.05, 0) is 12.0 Å². The molecule has 3 nitrogen and oxygen atoms in total. The van der Waals surface area contributed by atoms with E-state index in [4.69, 9.17) is 9.84 Å². The highest BCUT2D eigenvalue weighted by molar-refractivity contribution is 5.20. The number of nitrogens with one attached hydrogen (secondary N) is 1. The molecular weight excluding hydrogens is 271 g/mol. The van der Waals surface area contributed by atoms with Crippen molar-refractivity contribution in [2.24, 2.45) is 5.92 Å². The molecule has 1 fully saturated rings. The summed E-state index contributed by atoms with van der Waals surface area (Å²) in [6, 6.07) is 9.05. The van der Waals surface area contributed by atoms with E-state index in [1.807, 2.05) is 30.3 Å². The Bertz CT molecular complexity index is 405. The number of rotatable bonds is 5. The molecule has 0 aromatic heterocycles. The molecule has 0 bridgehead atoms. The van der Waals surface area contributed by atoms with E-state index in [1.54, 1.807) is 0 Å². The summed E-state index contributed by atoms with van der Waals surface area (Å²) in [7, 11) is 0. The number of benzene rings is 1. The van der Waals surface area contributed by atoms with Crippen LogP contribution in [0, 0.1) is 5.92 Å². The predicted octanol–water partition coefficient (Wildman–Crippen LogP) is 2.28. The van der Waals surface area contributed by atoms with Gasteiger partial charge in [-0.15, -0.1) is 0 Å². The third kappa shape index (κ3) is 3.94. The maximum absolute atomic E-state index is 12.4. The van der Waals surface area contributed by atoms with Crippen molar-refractivity contribution in [1.82, 2.24) is 5.32 Å². The van der Waals surface area contributed by atoms with Gasteiger partial charge in [0.05, 0.1) is 6.61 Å². The molecule has 0 spiro atoms. The van der Waals surface area contributed by atoms with E-state index in [1.165, 1.54) is 0 Å². The van der Waals surface area contributed by atoms with Crippen LogP contribution in [0.5, 0.6) is 0 Å².